The van der Waals surface area contributed by atoms with E-state index in [0.29, 0.717) is 6.04 Å². The Bertz CT molecular complexity index is 496. The molecule has 0 bridgehead atoms. The van der Waals surface area contributed by atoms with Gasteiger partial charge < -0.3 is 5.32 Å². The second-order valence-corrected chi connectivity index (χ2v) is 5.00. The van der Waals surface area contributed by atoms with E-state index in [1.54, 1.807) is 17.5 Å². The topological polar surface area (TPSA) is 37.8 Å². The molecule has 2 aromatic rings. The fourth-order valence-corrected chi connectivity index (χ4v) is 2.12. The molecule has 0 aliphatic rings. The van der Waals surface area contributed by atoms with Crippen LogP contribution in [0.3, 0.4) is 0 Å². The Kier molecular flexibility index (Phi) is 3.81. The van der Waals surface area contributed by atoms with Gasteiger partial charge in [0.2, 0.25) is 0 Å². The van der Waals surface area contributed by atoms with Crippen LogP contribution in [0.5, 0.6) is 0 Å². The van der Waals surface area contributed by atoms with Crippen molar-refractivity contribution < 1.29 is 4.39 Å². The number of rotatable bonds is 4. The van der Waals surface area contributed by atoms with E-state index in [4.69, 9.17) is 0 Å². The van der Waals surface area contributed by atoms with Gasteiger partial charge in [0.25, 0.3) is 0 Å². The standard InChI is InChI=1S/C12H14FN3S/c1-8(2)15-6-12-16-11(7-17-12)9-3-10(13)5-14-4-9/h3-5,7-8,15H,6H2,1-2H3. The molecule has 90 valence electrons. The van der Waals surface area contributed by atoms with E-state index in [9.17, 15) is 4.39 Å². The average Bonchev–Trinajstić information content (AvgIpc) is 2.75. The van der Waals surface area contributed by atoms with E-state index >= 15 is 0 Å². The van der Waals surface area contributed by atoms with E-state index in [0.717, 1.165) is 22.8 Å². The summed E-state index contributed by atoms with van der Waals surface area (Å²) < 4.78 is 13.0. The van der Waals surface area contributed by atoms with Crippen LogP contribution in [0.1, 0.15) is 18.9 Å². The van der Waals surface area contributed by atoms with Crippen LogP contribution in [-0.4, -0.2) is 16.0 Å². The Morgan fingerprint density at radius 3 is 2.94 bits per heavy atom. The Morgan fingerprint density at radius 1 is 1.41 bits per heavy atom. The second-order valence-electron chi connectivity index (χ2n) is 4.05. The predicted molar refractivity (Wildman–Crippen MR) is 67.3 cm³/mol. The lowest BCUT2D eigenvalue weighted by Gasteiger charge is -2.04. The van der Waals surface area contributed by atoms with Crippen LogP contribution >= 0.6 is 11.3 Å². The molecular weight excluding hydrogens is 237 g/mol. The van der Waals surface area contributed by atoms with Gasteiger partial charge in [-0.15, -0.1) is 11.3 Å². The number of pyridine rings is 1. The zero-order chi connectivity index (χ0) is 12.3. The first-order valence-corrected chi connectivity index (χ1v) is 6.32. The van der Waals surface area contributed by atoms with Gasteiger partial charge in [0.05, 0.1) is 11.9 Å². The lowest BCUT2D eigenvalue weighted by Crippen LogP contribution is -2.21. The Morgan fingerprint density at radius 2 is 2.24 bits per heavy atom. The summed E-state index contributed by atoms with van der Waals surface area (Å²) in [5, 5.41) is 6.22. The highest BCUT2D eigenvalue weighted by molar-refractivity contribution is 7.09. The van der Waals surface area contributed by atoms with Crippen LogP contribution in [0.2, 0.25) is 0 Å². The number of nitrogens with zero attached hydrogens (tertiary/aromatic N) is 2. The third kappa shape index (κ3) is 3.31. The lowest BCUT2D eigenvalue weighted by molar-refractivity contribution is 0.587. The molecular formula is C12H14FN3S. The van der Waals surface area contributed by atoms with Crippen molar-refractivity contribution in [3.63, 3.8) is 0 Å². The highest BCUT2D eigenvalue weighted by atomic mass is 32.1. The highest BCUT2D eigenvalue weighted by Gasteiger charge is 2.06. The maximum Gasteiger partial charge on any atom is 0.142 e. The number of hydrogen-bond donors (Lipinski definition) is 1. The first-order valence-electron chi connectivity index (χ1n) is 5.44. The van der Waals surface area contributed by atoms with Gasteiger partial charge in [-0.3, -0.25) is 4.98 Å². The summed E-state index contributed by atoms with van der Waals surface area (Å²) in [6.45, 7) is 4.92. The zero-order valence-corrected chi connectivity index (χ0v) is 10.6. The minimum atomic E-state index is -0.336. The van der Waals surface area contributed by atoms with Gasteiger partial charge in [-0.1, -0.05) is 13.8 Å². The lowest BCUT2D eigenvalue weighted by atomic mass is 10.2. The van der Waals surface area contributed by atoms with Crippen molar-refractivity contribution in [2.45, 2.75) is 26.4 Å². The van der Waals surface area contributed by atoms with E-state index in [-0.39, 0.29) is 5.82 Å². The van der Waals surface area contributed by atoms with Crippen molar-refractivity contribution >= 4 is 11.3 Å². The number of thiazole rings is 1. The molecule has 5 heteroatoms. The third-order valence-corrected chi connectivity index (χ3v) is 3.06. The first-order chi connectivity index (χ1) is 8.15. The van der Waals surface area contributed by atoms with Gasteiger partial charge in [-0.2, -0.15) is 0 Å². The average molecular weight is 251 g/mol. The van der Waals surface area contributed by atoms with E-state index in [1.165, 1.54) is 12.3 Å². The van der Waals surface area contributed by atoms with Crippen molar-refractivity contribution in [1.82, 2.24) is 15.3 Å². The molecule has 2 heterocycles. The van der Waals surface area contributed by atoms with Crippen LogP contribution in [0.4, 0.5) is 4.39 Å². The normalized spacial score (nSPS) is 11.1. The Balaban J connectivity index is 2.12. The SMILES string of the molecule is CC(C)NCc1nc(-c2cncc(F)c2)cs1. The molecule has 0 amide bonds. The summed E-state index contributed by atoms with van der Waals surface area (Å²) in [6.07, 6.45) is 2.81. The van der Waals surface area contributed by atoms with Gasteiger partial charge in [0, 0.05) is 29.7 Å². The number of nitrogens with one attached hydrogen (secondary N) is 1. The molecule has 0 saturated carbocycles. The van der Waals surface area contributed by atoms with Crippen LogP contribution < -0.4 is 5.32 Å². The largest absolute Gasteiger partial charge is 0.308 e. The monoisotopic (exact) mass is 251 g/mol. The molecule has 0 aliphatic heterocycles. The fraction of sp³-hybridized carbons (Fsp3) is 0.333. The molecule has 0 saturated heterocycles. The van der Waals surface area contributed by atoms with E-state index < -0.39 is 0 Å². The van der Waals surface area contributed by atoms with Crippen molar-refractivity contribution in [2.24, 2.45) is 0 Å². The van der Waals surface area contributed by atoms with Crippen molar-refractivity contribution in [1.29, 1.82) is 0 Å². The Labute approximate surface area is 104 Å². The quantitative estimate of drug-likeness (QED) is 0.908. The van der Waals surface area contributed by atoms with Crippen molar-refractivity contribution in [3.8, 4) is 11.3 Å². The number of hydrogen-bond acceptors (Lipinski definition) is 4. The van der Waals surface area contributed by atoms with Crippen LogP contribution in [0, 0.1) is 5.82 Å². The molecule has 0 fully saturated rings. The van der Waals surface area contributed by atoms with E-state index in [1.807, 2.05) is 5.38 Å². The summed E-state index contributed by atoms with van der Waals surface area (Å²) in [7, 11) is 0. The molecule has 0 unspecified atom stereocenters. The summed E-state index contributed by atoms with van der Waals surface area (Å²) >= 11 is 1.57. The van der Waals surface area contributed by atoms with Gasteiger partial charge in [-0.25, -0.2) is 9.37 Å². The minimum absolute atomic E-state index is 0.336. The molecule has 0 atom stereocenters. The minimum Gasteiger partial charge on any atom is -0.308 e. The summed E-state index contributed by atoms with van der Waals surface area (Å²) in [5.41, 5.74) is 1.50. The molecule has 2 aromatic heterocycles. The van der Waals surface area contributed by atoms with E-state index in [2.05, 4.69) is 29.1 Å². The maximum atomic E-state index is 13.0. The Hall–Kier alpha value is -1.33. The molecule has 0 aromatic carbocycles. The predicted octanol–water partition coefficient (Wildman–Crippen LogP) is 2.84. The molecule has 17 heavy (non-hydrogen) atoms. The van der Waals surface area contributed by atoms with Crippen molar-refractivity contribution in [3.05, 3.63) is 34.7 Å². The van der Waals surface area contributed by atoms with Crippen molar-refractivity contribution in [2.75, 3.05) is 0 Å². The van der Waals surface area contributed by atoms with Crippen LogP contribution in [-0.2, 0) is 6.54 Å². The smallest absolute Gasteiger partial charge is 0.142 e. The molecule has 1 N–H and O–H groups in total. The zero-order valence-electron chi connectivity index (χ0n) is 9.77. The molecule has 0 spiro atoms. The van der Waals surface area contributed by atoms with Gasteiger partial charge in [0.1, 0.15) is 10.8 Å². The summed E-state index contributed by atoms with van der Waals surface area (Å²) in [5.74, 6) is -0.336. The third-order valence-electron chi connectivity index (χ3n) is 2.21. The number of halogens is 1. The number of aromatic nitrogens is 2. The molecule has 2 rings (SSSR count). The molecule has 0 aliphatic carbocycles. The summed E-state index contributed by atoms with van der Waals surface area (Å²) in [4.78, 5) is 8.26. The summed E-state index contributed by atoms with van der Waals surface area (Å²) in [6, 6.07) is 1.88. The maximum absolute atomic E-state index is 13.0. The highest BCUT2D eigenvalue weighted by Crippen LogP contribution is 2.21. The molecule has 3 nitrogen and oxygen atoms in total. The molecule has 0 radical (unpaired) electrons. The van der Waals surface area contributed by atoms with Crippen LogP contribution in [0.25, 0.3) is 11.3 Å². The van der Waals surface area contributed by atoms with Crippen LogP contribution in [0.15, 0.2) is 23.8 Å². The van der Waals surface area contributed by atoms with Gasteiger partial charge >= 0.3 is 0 Å². The fourth-order valence-electron chi connectivity index (χ4n) is 1.37. The first kappa shape index (κ1) is 12.1. The van der Waals surface area contributed by atoms with Gasteiger partial charge in [-0.05, 0) is 6.07 Å². The second kappa shape index (κ2) is 5.33. The van der Waals surface area contributed by atoms with Gasteiger partial charge in [0.15, 0.2) is 0 Å².